The molecule has 0 spiro atoms. The molecule has 172 valence electrons. The molecule has 2 heterocycles. The highest BCUT2D eigenvalue weighted by Crippen LogP contribution is 2.22. The van der Waals surface area contributed by atoms with Gasteiger partial charge in [-0.25, -0.2) is 4.79 Å². The summed E-state index contributed by atoms with van der Waals surface area (Å²) in [5.41, 5.74) is 2.75. The largest absolute Gasteiger partial charge is 0.376 e. The number of aromatic nitrogens is 2. The molecule has 1 aromatic heterocycles. The first kappa shape index (κ1) is 23.8. The molecule has 32 heavy (non-hydrogen) atoms. The number of benzene rings is 1. The van der Waals surface area contributed by atoms with Crippen LogP contribution in [0.25, 0.3) is 6.08 Å². The van der Waals surface area contributed by atoms with Crippen molar-refractivity contribution in [3.05, 3.63) is 46.8 Å². The molecule has 0 saturated carbocycles. The molecule has 1 aliphatic heterocycles. The smallest absolute Gasteiger partial charge is 0.319 e. The molecule has 3 rings (SSSR count). The maximum Gasteiger partial charge on any atom is 0.319 e. The average Bonchev–Trinajstić information content (AvgIpc) is 3.35. The molecule has 1 aromatic carbocycles. The summed E-state index contributed by atoms with van der Waals surface area (Å²) in [5, 5.41) is 13.3. The third-order valence-corrected chi connectivity index (χ3v) is 5.37. The van der Waals surface area contributed by atoms with Crippen LogP contribution < -0.4 is 16.0 Å². The van der Waals surface area contributed by atoms with E-state index in [2.05, 4.69) is 34.9 Å². The van der Waals surface area contributed by atoms with Crippen LogP contribution in [0, 0.1) is 12.8 Å². The lowest BCUT2D eigenvalue weighted by molar-refractivity contribution is -0.111. The number of rotatable bonds is 8. The van der Waals surface area contributed by atoms with Gasteiger partial charge in [-0.2, -0.15) is 5.10 Å². The summed E-state index contributed by atoms with van der Waals surface area (Å²) in [4.78, 5) is 24.3. The fraction of sp³-hybridized carbons (Fsp3) is 0.435. The van der Waals surface area contributed by atoms with Crippen molar-refractivity contribution in [3.8, 4) is 0 Å². The van der Waals surface area contributed by atoms with E-state index >= 15 is 0 Å². The van der Waals surface area contributed by atoms with Gasteiger partial charge in [0.05, 0.1) is 11.8 Å². The second kappa shape index (κ2) is 11.2. The molecule has 9 heteroatoms. The lowest BCUT2D eigenvalue weighted by Gasteiger charge is -2.12. The Morgan fingerprint density at radius 3 is 2.56 bits per heavy atom. The van der Waals surface area contributed by atoms with E-state index in [1.165, 1.54) is 6.08 Å². The van der Waals surface area contributed by atoms with Gasteiger partial charge in [0.2, 0.25) is 5.91 Å². The van der Waals surface area contributed by atoms with Gasteiger partial charge in [-0.1, -0.05) is 25.4 Å². The summed E-state index contributed by atoms with van der Waals surface area (Å²) >= 11 is 6.41. The minimum atomic E-state index is -0.287. The summed E-state index contributed by atoms with van der Waals surface area (Å²) in [6.07, 6.45) is 5.19. The van der Waals surface area contributed by atoms with Crippen molar-refractivity contribution in [1.82, 2.24) is 15.1 Å². The summed E-state index contributed by atoms with van der Waals surface area (Å²) in [7, 11) is 0. The molecule has 0 radical (unpaired) electrons. The molecule has 1 saturated heterocycles. The highest BCUT2D eigenvalue weighted by atomic mass is 35.5. The predicted octanol–water partition coefficient (Wildman–Crippen LogP) is 4.45. The number of carbonyl (C=O) groups excluding carboxylic acids is 2. The van der Waals surface area contributed by atoms with Gasteiger partial charge < -0.3 is 20.7 Å². The topological polar surface area (TPSA) is 97.3 Å². The van der Waals surface area contributed by atoms with Crippen LogP contribution in [0.1, 0.15) is 37.9 Å². The third-order valence-electron chi connectivity index (χ3n) is 4.97. The molecular weight excluding hydrogens is 430 g/mol. The summed E-state index contributed by atoms with van der Waals surface area (Å²) in [5.74, 6) is 0.129. The zero-order chi connectivity index (χ0) is 23.1. The van der Waals surface area contributed by atoms with Crippen LogP contribution in [-0.4, -0.2) is 41.0 Å². The standard InChI is InChI=1S/C23H30ClN5O3/c1-15(2)14-29-22(24)20(16(3)28-29)10-11-21(30)26-17-6-8-18(9-7-17)27-23(31)25-13-19-5-4-12-32-19/h6-11,15,19H,4-5,12-14H2,1-3H3,(H,26,30)(H2,25,27,31)/b11-10+. The molecule has 1 atom stereocenters. The normalized spacial score (nSPS) is 16.0. The van der Waals surface area contributed by atoms with Crippen molar-refractivity contribution in [3.63, 3.8) is 0 Å². The number of halogens is 1. The molecule has 2 aromatic rings. The number of hydrogen-bond donors (Lipinski definition) is 3. The van der Waals surface area contributed by atoms with E-state index in [1.807, 2.05) is 6.92 Å². The van der Waals surface area contributed by atoms with Crippen LogP contribution >= 0.6 is 11.6 Å². The Kier molecular flexibility index (Phi) is 8.30. The average molecular weight is 460 g/mol. The second-order valence-electron chi connectivity index (χ2n) is 8.24. The number of aryl methyl sites for hydroxylation is 1. The highest BCUT2D eigenvalue weighted by molar-refractivity contribution is 6.31. The molecule has 3 amide bonds. The molecule has 1 unspecified atom stereocenters. The van der Waals surface area contributed by atoms with Crippen LogP contribution in [0.15, 0.2) is 30.3 Å². The number of urea groups is 1. The minimum Gasteiger partial charge on any atom is -0.376 e. The number of nitrogens with one attached hydrogen (secondary N) is 3. The van der Waals surface area contributed by atoms with Gasteiger partial charge in [0.25, 0.3) is 0 Å². The van der Waals surface area contributed by atoms with Crippen molar-refractivity contribution in [2.75, 3.05) is 23.8 Å². The van der Waals surface area contributed by atoms with Gasteiger partial charge in [-0.3, -0.25) is 9.48 Å². The molecule has 1 fully saturated rings. The highest BCUT2D eigenvalue weighted by Gasteiger charge is 2.16. The fourth-order valence-electron chi connectivity index (χ4n) is 3.39. The molecule has 0 bridgehead atoms. The molecule has 1 aliphatic rings. The first-order valence-electron chi connectivity index (χ1n) is 10.8. The lowest BCUT2D eigenvalue weighted by atomic mass is 10.2. The van der Waals surface area contributed by atoms with Gasteiger partial charge in [0, 0.05) is 42.7 Å². The van der Waals surface area contributed by atoms with Crippen LogP contribution in [0.4, 0.5) is 16.2 Å². The number of anilines is 2. The van der Waals surface area contributed by atoms with E-state index in [0.29, 0.717) is 35.5 Å². The van der Waals surface area contributed by atoms with E-state index in [4.69, 9.17) is 16.3 Å². The molecule has 8 nitrogen and oxygen atoms in total. The van der Waals surface area contributed by atoms with Crippen molar-refractivity contribution in [2.24, 2.45) is 5.92 Å². The fourth-order valence-corrected chi connectivity index (χ4v) is 3.70. The maximum atomic E-state index is 12.3. The number of amides is 3. The van der Waals surface area contributed by atoms with E-state index < -0.39 is 0 Å². The van der Waals surface area contributed by atoms with Crippen LogP contribution in [0.3, 0.4) is 0 Å². The zero-order valence-corrected chi connectivity index (χ0v) is 19.4. The van der Waals surface area contributed by atoms with Crippen molar-refractivity contribution < 1.29 is 14.3 Å². The summed E-state index contributed by atoms with van der Waals surface area (Å²) < 4.78 is 7.24. The Morgan fingerprint density at radius 1 is 1.25 bits per heavy atom. The first-order chi connectivity index (χ1) is 15.3. The minimum absolute atomic E-state index is 0.0922. The lowest BCUT2D eigenvalue weighted by Crippen LogP contribution is -2.35. The predicted molar refractivity (Wildman–Crippen MR) is 127 cm³/mol. The number of carbonyl (C=O) groups is 2. The zero-order valence-electron chi connectivity index (χ0n) is 18.7. The monoisotopic (exact) mass is 459 g/mol. The number of nitrogens with zero attached hydrogens (tertiary/aromatic N) is 2. The van der Waals surface area contributed by atoms with Crippen LogP contribution in [0.5, 0.6) is 0 Å². The first-order valence-corrected chi connectivity index (χ1v) is 11.2. The van der Waals surface area contributed by atoms with Gasteiger partial charge in [-0.15, -0.1) is 0 Å². The molecular formula is C23H30ClN5O3. The van der Waals surface area contributed by atoms with Gasteiger partial charge in [-0.05, 0) is 56.0 Å². The number of hydrogen-bond acceptors (Lipinski definition) is 4. The van der Waals surface area contributed by atoms with E-state index in [0.717, 1.165) is 30.7 Å². The summed E-state index contributed by atoms with van der Waals surface area (Å²) in [6.45, 7) is 8.01. The van der Waals surface area contributed by atoms with Crippen LogP contribution in [0.2, 0.25) is 5.15 Å². The van der Waals surface area contributed by atoms with E-state index in [1.54, 1.807) is 35.0 Å². The van der Waals surface area contributed by atoms with Gasteiger partial charge in [0.1, 0.15) is 5.15 Å². The van der Waals surface area contributed by atoms with E-state index in [-0.39, 0.29) is 18.0 Å². The Bertz CT molecular complexity index is 963. The quantitative estimate of drug-likeness (QED) is 0.508. The number of ether oxygens (including phenoxy) is 1. The van der Waals surface area contributed by atoms with E-state index in [9.17, 15) is 9.59 Å². The third kappa shape index (κ3) is 6.83. The Hall–Kier alpha value is -2.84. The van der Waals surface area contributed by atoms with Gasteiger partial charge in [0.15, 0.2) is 0 Å². The van der Waals surface area contributed by atoms with Gasteiger partial charge >= 0.3 is 6.03 Å². The van der Waals surface area contributed by atoms with Crippen molar-refractivity contribution >= 4 is 41.0 Å². The molecule has 3 N–H and O–H groups in total. The maximum absolute atomic E-state index is 12.3. The van der Waals surface area contributed by atoms with Crippen LogP contribution in [-0.2, 0) is 16.1 Å². The Morgan fingerprint density at radius 2 is 1.94 bits per heavy atom. The molecule has 0 aliphatic carbocycles. The SMILES string of the molecule is Cc1nn(CC(C)C)c(Cl)c1/C=C/C(=O)Nc1ccc(NC(=O)NCC2CCCO2)cc1. The summed E-state index contributed by atoms with van der Waals surface area (Å²) in [6, 6.07) is 6.61. The van der Waals surface area contributed by atoms with Crippen molar-refractivity contribution in [2.45, 2.75) is 46.3 Å². The Labute approximate surface area is 193 Å². The Balaban J connectivity index is 1.50. The van der Waals surface area contributed by atoms with Crippen molar-refractivity contribution in [1.29, 1.82) is 0 Å². The second-order valence-corrected chi connectivity index (χ2v) is 8.59.